The molecule has 0 heterocycles. The maximum absolute atomic E-state index is 11.5. The first-order valence-corrected chi connectivity index (χ1v) is 5.46. The summed E-state index contributed by atoms with van der Waals surface area (Å²) in [6.45, 7) is 5.04. The van der Waals surface area contributed by atoms with E-state index in [0.717, 1.165) is 0 Å². The van der Waals surface area contributed by atoms with Crippen LogP contribution in [0.15, 0.2) is 12.2 Å². The highest BCUT2D eigenvalue weighted by Gasteiger charge is 2.60. The average Bonchev–Trinajstić information content (AvgIpc) is 2.21. The van der Waals surface area contributed by atoms with Crippen molar-refractivity contribution in [2.24, 2.45) is 16.7 Å². The second kappa shape index (κ2) is 3.92. The minimum Gasteiger partial charge on any atom is -0.481 e. The van der Waals surface area contributed by atoms with E-state index in [2.05, 4.69) is 0 Å². The van der Waals surface area contributed by atoms with Crippen molar-refractivity contribution < 1.29 is 19.8 Å². The number of carboxylic acid groups (broad SMARTS) is 2. The first kappa shape index (κ1) is 12.7. The summed E-state index contributed by atoms with van der Waals surface area (Å²) in [7, 11) is 0. The van der Waals surface area contributed by atoms with E-state index in [4.69, 9.17) is 0 Å². The van der Waals surface area contributed by atoms with Crippen LogP contribution in [0.2, 0.25) is 0 Å². The molecule has 0 aromatic carbocycles. The lowest BCUT2D eigenvalue weighted by Crippen LogP contribution is -2.55. The van der Waals surface area contributed by atoms with Crippen molar-refractivity contribution in [3.63, 3.8) is 0 Å². The average molecular weight is 226 g/mol. The molecule has 4 heteroatoms. The summed E-state index contributed by atoms with van der Waals surface area (Å²) in [6.07, 6.45) is 4.18. The number of hydrogen-bond acceptors (Lipinski definition) is 2. The number of hydrogen-bond donors (Lipinski definition) is 2. The maximum atomic E-state index is 11.5. The van der Waals surface area contributed by atoms with Crippen LogP contribution in [0.1, 0.15) is 33.6 Å². The van der Waals surface area contributed by atoms with Crippen molar-refractivity contribution >= 4 is 11.9 Å². The Labute approximate surface area is 95.0 Å². The Balaban J connectivity index is 3.41. The van der Waals surface area contributed by atoms with E-state index in [1.165, 1.54) is 0 Å². The van der Waals surface area contributed by atoms with Gasteiger partial charge in [-0.05, 0) is 25.7 Å². The third-order valence-electron chi connectivity index (χ3n) is 4.25. The fourth-order valence-electron chi connectivity index (χ4n) is 2.69. The minimum absolute atomic E-state index is 0.283. The molecular formula is C12H18O4. The SMILES string of the molecule is CCC1(C(=O)O)CC=CC(C)C1(C)C(=O)O. The van der Waals surface area contributed by atoms with E-state index in [-0.39, 0.29) is 12.3 Å². The lowest BCUT2D eigenvalue weighted by Gasteiger charge is -2.47. The maximum Gasteiger partial charge on any atom is 0.311 e. The Bertz CT molecular complexity index is 333. The van der Waals surface area contributed by atoms with Gasteiger partial charge < -0.3 is 10.2 Å². The Morgan fingerprint density at radius 2 is 1.94 bits per heavy atom. The highest BCUT2D eigenvalue weighted by Crippen LogP contribution is 2.53. The highest BCUT2D eigenvalue weighted by molar-refractivity contribution is 5.87. The second-order valence-corrected chi connectivity index (χ2v) is 4.67. The van der Waals surface area contributed by atoms with Crippen LogP contribution in [0, 0.1) is 16.7 Å². The van der Waals surface area contributed by atoms with Gasteiger partial charge in [0.2, 0.25) is 0 Å². The molecule has 16 heavy (non-hydrogen) atoms. The van der Waals surface area contributed by atoms with E-state index >= 15 is 0 Å². The third kappa shape index (κ3) is 1.36. The molecule has 4 nitrogen and oxygen atoms in total. The van der Waals surface area contributed by atoms with Crippen molar-refractivity contribution in [1.29, 1.82) is 0 Å². The van der Waals surface area contributed by atoms with Gasteiger partial charge in [0.15, 0.2) is 0 Å². The normalized spacial score (nSPS) is 38.3. The van der Waals surface area contributed by atoms with Crippen LogP contribution >= 0.6 is 0 Å². The molecule has 0 amide bonds. The van der Waals surface area contributed by atoms with Crippen molar-refractivity contribution in [3.05, 3.63) is 12.2 Å². The summed E-state index contributed by atoms with van der Waals surface area (Å²) in [5.74, 6) is -2.33. The quantitative estimate of drug-likeness (QED) is 0.723. The summed E-state index contributed by atoms with van der Waals surface area (Å²) in [6, 6.07) is 0. The molecule has 0 radical (unpaired) electrons. The van der Waals surface area contributed by atoms with E-state index in [1.54, 1.807) is 32.9 Å². The highest BCUT2D eigenvalue weighted by atomic mass is 16.4. The van der Waals surface area contributed by atoms with Gasteiger partial charge in [-0.15, -0.1) is 0 Å². The molecule has 3 atom stereocenters. The summed E-state index contributed by atoms with van der Waals surface area (Å²) >= 11 is 0. The molecule has 0 aromatic heterocycles. The van der Waals surface area contributed by atoms with E-state index in [0.29, 0.717) is 6.42 Å². The van der Waals surface area contributed by atoms with Gasteiger partial charge in [0.25, 0.3) is 0 Å². The third-order valence-corrected chi connectivity index (χ3v) is 4.25. The molecule has 0 spiro atoms. The van der Waals surface area contributed by atoms with Gasteiger partial charge in [-0.25, -0.2) is 0 Å². The first-order valence-electron chi connectivity index (χ1n) is 5.46. The molecule has 1 aliphatic rings. The Morgan fingerprint density at radius 1 is 1.38 bits per heavy atom. The Morgan fingerprint density at radius 3 is 2.25 bits per heavy atom. The summed E-state index contributed by atoms with van der Waals surface area (Å²) in [5.41, 5.74) is -2.45. The summed E-state index contributed by atoms with van der Waals surface area (Å²) in [4.78, 5) is 22.9. The number of carbonyl (C=O) groups is 2. The molecule has 1 rings (SSSR count). The number of rotatable bonds is 3. The molecule has 0 aliphatic heterocycles. The van der Waals surface area contributed by atoms with E-state index < -0.39 is 22.8 Å². The molecule has 0 saturated heterocycles. The van der Waals surface area contributed by atoms with Crippen LogP contribution in [-0.4, -0.2) is 22.2 Å². The summed E-state index contributed by atoms with van der Waals surface area (Å²) < 4.78 is 0. The van der Waals surface area contributed by atoms with Crippen LogP contribution in [0.3, 0.4) is 0 Å². The molecule has 0 fully saturated rings. The lowest BCUT2D eigenvalue weighted by molar-refractivity contribution is -0.178. The zero-order chi connectivity index (χ0) is 12.6. The molecule has 0 aromatic rings. The van der Waals surface area contributed by atoms with Gasteiger partial charge in [0.05, 0.1) is 10.8 Å². The second-order valence-electron chi connectivity index (χ2n) is 4.67. The molecule has 0 bridgehead atoms. The molecule has 1 aliphatic carbocycles. The predicted molar refractivity (Wildman–Crippen MR) is 59.0 cm³/mol. The molecule has 90 valence electrons. The van der Waals surface area contributed by atoms with E-state index in [1.807, 2.05) is 0 Å². The fraction of sp³-hybridized carbons (Fsp3) is 0.667. The van der Waals surface area contributed by atoms with Crippen LogP contribution in [0.4, 0.5) is 0 Å². The van der Waals surface area contributed by atoms with Gasteiger partial charge in [0.1, 0.15) is 0 Å². The zero-order valence-corrected chi connectivity index (χ0v) is 9.86. The first-order chi connectivity index (χ1) is 7.33. The topological polar surface area (TPSA) is 74.6 Å². The minimum atomic E-state index is -1.25. The number of aliphatic carboxylic acids is 2. The summed E-state index contributed by atoms with van der Waals surface area (Å²) in [5, 5.41) is 18.8. The monoisotopic (exact) mass is 226 g/mol. The Kier molecular flexibility index (Phi) is 3.13. The van der Waals surface area contributed by atoms with Gasteiger partial charge in [-0.1, -0.05) is 26.0 Å². The van der Waals surface area contributed by atoms with Gasteiger partial charge in [0, 0.05) is 0 Å². The molecule has 2 N–H and O–H groups in total. The molecule has 0 saturated carbocycles. The molecular weight excluding hydrogens is 208 g/mol. The van der Waals surface area contributed by atoms with Crippen molar-refractivity contribution in [3.8, 4) is 0 Å². The Hall–Kier alpha value is -1.32. The van der Waals surface area contributed by atoms with Crippen molar-refractivity contribution in [2.45, 2.75) is 33.6 Å². The lowest BCUT2D eigenvalue weighted by atomic mass is 9.53. The standard InChI is InChI=1S/C12H18O4/c1-4-12(10(15)16)7-5-6-8(2)11(12,3)9(13)14/h5-6,8H,4,7H2,1-3H3,(H,13,14)(H,15,16). The van der Waals surface area contributed by atoms with Crippen LogP contribution in [-0.2, 0) is 9.59 Å². The number of carboxylic acids is 2. The van der Waals surface area contributed by atoms with Gasteiger partial charge >= 0.3 is 11.9 Å². The van der Waals surface area contributed by atoms with Crippen molar-refractivity contribution in [1.82, 2.24) is 0 Å². The smallest absolute Gasteiger partial charge is 0.311 e. The van der Waals surface area contributed by atoms with Crippen LogP contribution in [0.5, 0.6) is 0 Å². The zero-order valence-electron chi connectivity index (χ0n) is 9.86. The largest absolute Gasteiger partial charge is 0.481 e. The van der Waals surface area contributed by atoms with Crippen LogP contribution in [0.25, 0.3) is 0 Å². The number of allylic oxidation sites excluding steroid dienone is 2. The van der Waals surface area contributed by atoms with Gasteiger partial charge in [-0.3, -0.25) is 9.59 Å². The van der Waals surface area contributed by atoms with Crippen molar-refractivity contribution in [2.75, 3.05) is 0 Å². The predicted octanol–water partition coefficient (Wildman–Crippen LogP) is 2.15. The fourth-order valence-corrected chi connectivity index (χ4v) is 2.69. The molecule has 3 unspecified atom stereocenters. The van der Waals surface area contributed by atoms with E-state index in [9.17, 15) is 19.8 Å². The van der Waals surface area contributed by atoms with Gasteiger partial charge in [-0.2, -0.15) is 0 Å². The van der Waals surface area contributed by atoms with Crippen LogP contribution < -0.4 is 0 Å².